The summed E-state index contributed by atoms with van der Waals surface area (Å²) in [5.74, 6) is -0.139. The number of hydrogen-bond acceptors (Lipinski definition) is 3. The van der Waals surface area contributed by atoms with E-state index < -0.39 is 5.82 Å². The fourth-order valence-electron chi connectivity index (χ4n) is 1.53. The molecule has 0 saturated heterocycles. The van der Waals surface area contributed by atoms with E-state index in [1.165, 1.54) is 18.2 Å². The van der Waals surface area contributed by atoms with Crippen molar-refractivity contribution >= 4 is 5.96 Å². The molecule has 0 saturated carbocycles. The van der Waals surface area contributed by atoms with Gasteiger partial charge in [-0.2, -0.15) is 5.26 Å². The molecule has 1 aromatic rings. The van der Waals surface area contributed by atoms with Crippen molar-refractivity contribution in [3.8, 4) is 6.07 Å². The van der Waals surface area contributed by atoms with Gasteiger partial charge < -0.3 is 15.8 Å². The molecular weight excluding hydrogens is 259 g/mol. The number of nitrogens with two attached hydrogens (primary N) is 1. The lowest BCUT2D eigenvalue weighted by Crippen LogP contribution is -2.32. The Balaban J connectivity index is 2.44. The number of nitrogens with one attached hydrogen (secondary N) is 1. The van der Waals surface area contributed by atoms with E-state index in [2.05, 4.69) is 10.3 Å². The van der Waals surface area contributed by atoms with Crippen LogP contribution in [0.15, 0.2) is 23.2 Å². The standard InChI is InChI=1S/C14H19FN4O/c1-2-20-7-3-6-18-14(17)19-10-12-8-11(9-16)4-5-13(12)15/h4-5,8H,2-3,6-7,10H2,1H3,(H3,17,18,19). The minimum Gasteiger partial charge on any atom is -0.382 e. The van der Waals surface area contributed by atoms with Crippen LogP contribution in [0.25, 0.3) is 0 Å². The maximum Gasteiger partial charge on any atom is 0.188 e. The molecule has 0 amide bonds. The van der Waals surface area contributed by atoms with Gasteiger partial charge in [0.05, 0.1) is 18.2 Å². The van der Waals surface area contributed by atoms with Crippen LogP contribution >= 0.6 is 0 Å². The highest BCUT2D eigenvalue weighted by Gasteiger charge is 2.03. The van der Waals surface area contributed by atoms with E-state index in [0.717, 1.165) is 6.42 Å². The lowest BCUT2D eigenvalue weighted by atomic mass is 10.1. The van der Waals surface area contributed by atoms with E-state index >= 15 is 0 Å². The van der Waals surface area contributed by atoms with Crippen LogP contribution in [0.2, 0.25) is 0 Å². The van der Waals surface area contributed by atoms with E-state index in [9.17, 15) is 4.39 Å². The predicted molar refractivity (Wildman–Crippen MR) is 75.6 cm³/mol. The van der Waals surface area contributed by atoms with Crippen molar-refractivity contribution < 1.29 is 9.13 Å². The molecule has 0 atom stereocenters. The fraction of sp³-hybridized carbons (Fsp3) is 0.429. The summed E-state index contributed by atoms with van der Waals surface area (Å²) < 4.78 is 18.7. The van der Waals surface area contributed by atoms with Crippen LogP contribution in [0.4, 0.5) is 4.39 Å². The quantitative estimate of drug-likeness (QED) is 0.450. The molecule has 0 radical (unpaired) electrons. The van der Waals surface area contributed by atoms with Crippen molar-refractivity contribution in [1.29, 1.82) is 5.26 Å². The topological polar surface area (TPSA) is 83.4 Å². The molecule has 0 heterocycles. The zero-order valence-corrected chi connectivity index (χ0v) is 11.5. The molecule has 3 N–H and O–H groups in total. The second-order valence-corrected chi connectivity index (χ2v) is 4.10. The molecule has 0 bridgehead atoms. The summed E-state index contributed by atoms with van der Waals surface area (Å²) in [6.07, 6.45) is 0.822. The van der Waals surface area contributed by atoms with E-state index in [4.69, 9.17) is 15.7 Å². The average molecular weight is 278 g/mol. The number of halogens is 1. The first-order chi connectivity index (χ1) is 9.67. The smallest absolute Gasteiger partial charge is 0.188 e. The molecule has 0 aromatic heterocycles. The first kappa shape index (κ1) is 15.9. The number of nitrogens with zero attached hydrogens (tertiary/aromatic N) is 2. The molecule has 0 aliphatic carbocycles. The minimum absolute atomic E-state index is 0.103. The van der Waals surface area contributed by atoms with Crippen LogP contribution in [-0.2, 0) is 11.3 Å². The average Bonchev–Trinajstić information content (AvgIpc) is 2.46. The third-order valence-electron chi connectivity index (χ3n) is 2.57. The summed E-state index contributed by atoms with van der Waals surface area (Å²) in [5.41, 5.74) is 6.42. The highest BCUT2D eigenvalue weighted by molar-refractivity contribution is 5.77. The number of nitriles is 1. The molecule has 0 spiro atoms. The summed E-state index contributed by atoms with van der Waals surface area (Å²) in [6, 6.07) is 6.12. The first-order valence-corrected chi connectivity index (χ1v) is 6.47. The minimum atomic E-state index is -0.392. The first-order valence-electron chi connectivity index (χ1n) is 6.47. The Hall–Kier alpha value is -2.13. The molecule has 108 valence electrons. The molecule has 0 aliphatic heterocycles. The van der Waals surface area contributed by atoms with Gasteiger partial charge in [0.25, 0.3) is 0 Å². The molecule has 0 aliphatic rings. The number of benzene rings is 1. The van der Waals surface area contributed by atoms with Crippen molar-refractivity contribution in [3.05, 3.63) is 35.1 Å². The largest absolute Gasteiger partial charge is 0.382 e. The summed E-state index contributed by atoms with van der Waals surface area (Å²) >= 11 is 0. The Morgan fingerprint density at radius 1 is 1.55 bits per heavy atom. The fourth-order valence-corrected chi connectivity index (χ4v) is 1.53. The maximum absolute atomic E-state index is 13.5. The normalized spacial score (nSPS) is 11.2. The van der Waals surface area contributed by atoms with Crippen molar-refractivity contribution in [3.63, 3.8) is 0 Å². The van der Waals surface area contributed by atoms with E-state index in [1.807, 2.05) is 13.0 Å². The summed E-state index contributed by atoms with van der Waals surface area (Å²) in [6.45, 7) is 4.04. The summed E-state index contributed by atoms with van der Waals surface area (Å²) in [4.78, 5) is 4.04. The second kappa shape index (κ2) is 8.88. The van der Waals surface area contributed by atoms with Gasteiger partial charge in [-0.25, -0.2) is 9.38 Å². The zero-order chi connectivity index (χ0) is 14.8. The molecule has 20 heavy (non-hydrogen) atoms. The van der Waals surface area contributed by atoms with E-state index in [-0.39, 0.29) is 12.5 Å². The van der Waals surface area contributed by atoms with Crippen molar-refractivity contribution in [2.75, 3.05) is 19.8 Å². The SMILES string of the molecule is CCOCCCNC(N)=NCc1cc(C#N)ccc1F. The van der Waals surface area contributed by atoms with Gasteiger partial charge in [0.15, 0.2) is 5.96 Å². The Morgan fingerprint density at radius 3 is 3.05 bits per heavy atom. The van der Waals surface area contributed by atoms with Gasteiger partial charge in [-0.05, 0) is 31.5 Å². The summed E-state index contributed by atoms with van der Waals surface area (Å²) in [5, 5.41) is 11.7. The molecule has 0 unspecified atom stereocenters. The number of hydrogen-bond donors (Lipinski definition) is 2. The molecular formula is C14H19FN4O. The number of guanidine groups is 1. The molecule has 1 aromatic carbocycles. The van der Waals surface area contributed by atoms with Gasteiger partial charge in [0.1, 0.15) is 5.82 Å². The maximum atomic E-state index is 13.5. The van der Waals surface area contributed by atoms with Crippen molar-refractivity contribution in [2.45, 2.75) is 19.9 Å². The van der Waals surface area contributed by atoms with Crippen LogP contribution in [0.5, 0.6) is 0 Å². The van der Waals surface area contributed by atoms with Crippen LogP contribution in [0, 0.1) is 17.1 Å². The van der Waals surface area contributed by atoms with E-state index in [1.54, 1.807) is 0 Å². The third-order valence-corrected chi connectivity index (χ3v) is 2.57. The lowest BCUT2D eigenvalue weighted by Gasteiger charge is -2.06. The van der Waals surface area contributed by atoms with E-state index in [0.29, 0.717) is 30.9 Å². The Kier molecular flexibility index (Phi) is 7.07. The Morgan fingerprint density at radius 2 is 2.35 bits per heavy atom. The highest BCUT2D eigenvalue weighted by atomic mass is 19.1. The van der Waals surface area contributed by atoms with Crippen molar-refractivity contribution in [1.82, 2.24) is 5.32 Å². The van der Waals surface area contributed by atoms with Crippen LogP contribution in [-0.4, -0.2) is 25.7 Å². The van der Waals surface area contributed by atoms with Crippen LogP contribution < -0.4 is 11.1 Å². The monoisotopic (exact) mass is 278 g/mol. The molecule has 0 fully saturated rings. The number of rotatable bonds is 7. The van der Waals surface area contributed by atoms with Crippen LogP contribution in [0.3, 0.4) is 0 Å². The molecule has 5 nitrogen and oxygen atoms in total. The van der Waals surface area contributed by atoms with Gasteiger partial charge >= 0.3 is 0 Å². The zero-order valence-electron chi connectivity index (χ0n) is 11.5. The van der Waals surface area contributed by atoms with Gasteiger partial charge in [-0.15, -0.1) is 0 Å². The van der Waals surface area contributed by atoms with Gasteiger partial charge in [-0.3, -0.25) is 0 Å². The second-order valence-electron chi connectivity index (χ2n) is 4.10. The number of ether oxygens (including phenoxy) is 1. The number of aliphatic imine (C=N–C) groups is 1. The Labute approximate surface area is 118 Å². The van der Waals surface area contributed by atoms with Crippen molar-refractivity contribution in [2.24, 2.45) is 10.7 Å². The predicted octanol–water partition coefficient (Wildman–Crippen LogP) is 1.53. The lowest BCUT2D eigenvalue weighted by molar-refractivity contribution is 0.145. The third kappa shape index (κ3) is 5.67. The Bertz CT molecular complexity index is 496. The van der Waals surface area contributed by atoms with Gasteiger partial charge in [0, 0.05) is 25.3 Å². The summed E-state index contributed by atoms with van der Waals surface area (Å²) in [7, 11) is 0. The van der Waals surface area contributed by atoms with Crippen LogP contribution in [0.1, 0.15) is 24.5 Å². The molecule has 1 rings (SSSR count). The van der Waals surface area contributed by atoms with Gasteiger partial charge in [-0.1, -0.05) is 0 Å². The highest BCUT2D eigenvalue weighted by Crippen LogP contribution is 2.11. The molecule has 6 heteroatoms. The van der Waals surface area contributed by atoms with Gasteiger partial charge in [0.2, 0.25) is 0 Å².